The maximum atomic E-state index is 13.3. The minimum atomic E-state index is -0.175. The third kappa shape index (κ3) is 2.43. The summed E-state index contributed by atoms with van der Waals surface area (Å²) in [6.45, 7) is 0. The third-order valence-corrected chi connectivity index (χ3v) is 4.75. The smallest absolute Gasteiger partial charge is 0.123 e. The van der Waals surface area contributed by atoms with Gasteiger partial charge in [0.05, 0.1) is 0 Å². The van der Waals surface area contributed by atoms with E-state index in [1.54, 1.807) is 12.1 Å². The van der Waals surface area contributed by atoms with E-state index in [2.05, 4.69) is 10.6 Å². The van der Waals surface area contributed by atoms with Gasteiger partial charge in [-0.25, -0.2) is 8.78 Å². The number of hydrogen-bond acceptors (Lipinski definition) is 2. The van der Waals surface area contributed by atoms with Gasteiger partial charge < -0.3 is 10.6 Å². The highest BCUT2D eigenvalue weighted by atomic mass is 19.1. The van der Waals surface area contributed by atoms with Crippen LogP contribution in [0, 0.1) is 11.6 Å². The van der Waals surface area contributed by atoms with E-state index in [0.717, 1.165) is 48.2 Å². The number of benzene rings is 2. The standard InChI is InChI=1S/C18H18F2N2/c19-13-3-7-15-11(9-13)1-5-17(21-15)18-6-2-12-10-14(20)4-8-16(12)22-18/h3-4,7-10,17-18,21-22H,1-2,5-6H2/t17-,18-/m0/s1. The van der Waals surface area contributed by atoms with Gasteiger partial charge in [0.2, 0.25) is 0 Å². The molecule has 0 unspecified atom stereocenters. The Morgan fingerprint density at radius 3 is 1.64 bits per heavy atom. The zero-order chi connectivity index (χ0) is 15.1. The van der Waals surface area contributed by atoms with Crippen LogP contribution in [0.15, 0.2) is 36.4 Å². The molecule has 0 bridgehead atoms. The Bertz CT molecular complexity index is 653. The topological polar surface area (TPSA) is 24.1 Å². The second kappa shape index (κ2) is 5.27. The van der Waals surface area contributed by atoms with Crippen molar-refractivity contribution in [2.24, 2.45) is 0 Å². The van der Waals surface area contributed by atoms with Crippen LogP contribution >= 0.6 is 0 Å². The quantitative estimate of drug-likeness (QED) is 0.828. The Balaban J connectivity index is 1.52. The van der Waals surface area contributed by atoms with Crippen LogP contribution in [0.25, 0.3) is 0 Å². The van der Waals surface area contributed by atoms with E-state index in [9.17, 15) is 8.78 Å². The van der Waals surface area contributed by atoms with Crippen LogP contribution < -0.4 is 10.6 Å². The van der Waals surface area contributed by atoms with Crippen molar-refractivity contribution in [1.82, 2.24) is 0 Å². The Labute approximate surface area is 128 Å². The van der Waals surface area contributed by atoms with Crippen molar-refractivity contribution in [2.45, 2.75) is 37.8 Å². The average Bonchev–Trinajstić information content (AvgIpc) is 2.54. The second-order valence-electron chi connectivity index (χ2n) is 6.18. The average molecular weight is 300 g/mol. The number of nitrogens with one attached hydrogen (secondary N) is 2. The van der Waals surface area contributed by atoms with E-state index in [4.69, 9.17) is 0 Å². The summed E-state index contributed by atoms with van der Waals surface area (Å²) < 4.78 is 26.5. The first-order valence-corrected chi connectivity index (χ1v) is 7.79. The van der Waals surface area contributed by atoms with Gasteiger partial charge in [-0.15, -0.1) is 0 Å². The number of rotatable bonds is 1. The summed E-state index contributed by atoms with van der Waals surface area (Å²) in [6, 6.07) is 10.5. The molecule has 0 spiro atoms. The van der Waals surface area contributed by atoms with Crippen molar-refractivity contribution in [3.8, 4) is 0 Å². The van der Waals surface area contributed by atoms with Gasteiger partial charge in [0.1, 0.15) is 11.6 Å². The summed E-state index contributed by atoms with van der Waals surface area (Å²) in [6.07, 6.45) is 3.73. The summed E-state index contributed by atoms with van der Waals surface area (Å²) >= 11 is 0. The molecule has 0 amide bonds. The largest absolute Gasteiger partial charge is 0.380 e. The molecule has 0 saturated heterocycles. The molecule has 2 aliphatic rings. The number of fused-ring (bicyclic) bond motifs is 2. The molecule has 2 aromatic carbocycles. The molecule has 4 rings (SSSR count). The monoisotopic (exact) mass is 300 g/mol. The highest BCUT2D eigenvalue weighted by Gasteiger charge is 2.28. The van der Waals surface area contributed by atoms with Crippen molar-refractivity contribution < 1.29 is 8.78 Å². The van der Waals surface area contributed by atoms with Crippen LogP contribution in [0.2, 0.25) is 0 Å². The lowest BCUT2D eigenvalue weighted by atomic mass is 9.88. The van der Waals surface area contributed by atoms with Gasteiger partial charge in [-0.3, -0.25) is 0 Å². The van der Waals surface area contributed by atoms with Crippen molar-refractivity contribution in [1.29, 1.82) is 0 Å². The number of anilines is 2. The maximum absolute atomic E-state index is 13.3. The molecule has 4 heteroatoms. The Morgan fingerprint density at radius 2 is 1.18 bits per heavy atom. The fraction of sp³-hybridized carbons (Fsp3) is 0.333. The molecule has 0 fully saturated rings. The van der Waals surface area contributed by atoms with Crippen molar-refractivity contribution in [3.05, 3.63) is 59.2 Å². The summed E-state index contributed by atoms with van der Waals surface area (Å²) in [4.78, 5) is 0. The number of hydrogen-bond donors (Lipinski definition) is 2. The molecule has 2 N–H and O–H groups in total. The Hall–Kier alpha value is -2.10. The lowest BCUT2D eigenvalue weighted by Crippen LogP contribution is -2.43. The highest BCUT2D eigenvalue weighted by Crippen LogP contribution is 2.32. The SMILES string of the molecule is Fc1ccc2c(c1)CC[C@@H]([C@@H]1CCc3cc(F)ccc3N1)N2. The molecular formula is C18H18F2N2. The molecule has 2 atom stereocenters. The molecule has 0 aromatic heterocycles. The zero-order valence-electron chi connectivity index (χ0n) is 12.2. The number of halogens is 2. The fourth-order valence-corrected chi connectivity index (χ4v) is 3.59. The Morgan fingerprint density at radius 1 is 0.727 bits per heavy atom. The van der Waals surface area contributed by atoms with Gasteiger partial charge in [-0.1, -0.05) is 0 Å². The lowest BCUT2D eigenvalue weighted by Gasteiger charge is -2.37. The molecule has 0 aliphatic carbocycles. The van der Waals surface area contributed by atoms with E-state index in [1.165, 1.54) is 12.1 Å². The summed E-state index contributed by atoms with van der Waals surface area (Å²) in [5, 5.41) is 7.07. The van der Waals surface area contributed by atoms with Gasteiger partial charge in [-0.2, -0.15) is 0 Å². The van der Waals surface area contributed by atoms with Gasteiger partial charge in [0.15, 0.2) is 0 Å². The summed E-state index contributed by atoms with van der Waals surface area (Å²) in [7, 11) is 0. The first kappa shape index (κ1) is 13.6. The molecule has 2 heterocycles. The van der Waals surface area contributed by atoms with Crippen LogP contribution in [-0.2, 0) is 12.8 Å². The highest BCUT2D eigenvalue weighted by molar-refractivity contribution is 5.57. The van der Waals surface area contributed by atoms with Crippen LogP contribution in [-0.4, -0.2) is 12.1 Å². The molecule has 2 aliphatic heterocycles. The minimum absolute atomic E-state index is 0.175. The molecule has 114 valence electrons. The minimum Gasteiger partial charge on any atom is -0.380 e. The van der Waals surface area contributed by atoms with Crippen molar-refractivity contribution in [3.63, 3.8) is 0 Å². The van der Waals surface area contributed by atoms with E-state index in [1.807, 2.05) is 12.1 Å². The molecular weight excluding hydrogens is 282 g/mol. The van der Waals surface area contributed by atoms with E-state index >= 15 is 0 Å². The van der Waals surface area contributed by atoms with Crippen molar-refractivity contribution >= 4 is 11.4 Å². The summed E-state index contributed by atoms with van der Waals surface area (Å²) in [5.41, 5.74) is 4.16. The molecule has 2 nitrogen and oxygen atoms in total. The van der Waals surface area contributed by atoms with Gasteiger partial charge in [0, 0.05) is 23.5 Å². The van der Waals surface area contributed by atoms with Crippen LogP contribution in [0.5, 0.6) is 0 Å². The zero-order valence-corrected chi connectivity index (χ0v) is 12.2. The molecule has 0 saturated carbocycles. The van der Waals surface area contributed by atoms with Crippen molar-refractivity contribution in [2.75, 3.05) is 10.6 Å². The molecule has 22 heavy (non-hydrogen) atoms. The van der Waals surface area contributed by atoms with Crippen LogP contribution in [0.3, 0.4) is 0 Å². The first-order valence-electron chi connectivity index (χ1n) is 7.79. The predicted molar refractivity (Wildman–Crippen MR) is 84.3 cm³/mol. The van der Waals surface area contributed by atoms with Gasteiger partial charge in [-0.05, 0) is 73.2 Å². The van der Waals surface area contributed by atoms with E-state index < -0.39 is 0 Å². The first-order chi connectivity index (χ1) is 10.7. The predicted octanol–water partition coefficient (Wildman–Crippen LogP) is 4.12. The van der Waals surface area contributed by atoms with E-state index in [-0.39, 0.29) is 11.6 Å². The normalized spacial score (nSPS) is 23.0. The fourth-order valence-electron chi connectivity index (χ4n) is 3.59. The van der Waals surface area contributed by atoms with Gasteiger partial charge in [0.25, 0.3) is 0 Å². The van der Waals surface area contributed by atoms with Gasteiger partial charge >= 0.3 is 0 Å². The number of aryl methyl sites for hydroxylation is 2. The maximum Gasteiger partial charge on any atom is 0.123 e. The van der Waals surface area contributed by atoms with Crippen LogP contribution in [0.4, 0.5) is 20.2 Å². The molecule has 0 radical (unpaired) electrons. The Kier molecular flexibility index (Phi) is 3.25. The van der Waals surface area contributed by atoms with Crippen LogP contribution in [0.1, 0.15) is 24.0 Å². The van der Waals surface area contributed by atoms with E-state index in [0.29, 0.717) is 12.1 Å². The third-order valence-electron chi connectivity index (χ3n) is 4.75. The lowest BCUT2D eigenvalue weighted by molar-refractivity contribution is 0.499. The molecule has 2 aromatic rings. The second-order valence-corrected chi connectivity index (χ2v) is 6.18. The summed E-state index contributed by atoms with van der Waals surface area (Å²) in [5.74, 6) is -0.350.